The molecule has 174 valence electrons. The molecule has 2 heterocycles. The number of halogens is 4. The van der Waals surface area contributed by atoms with Crippen LogP contribution in [0.15, 0.2) is 24.3 Å². The van der Waals surface area contributed by atoms with E-state index >= 15 is 0 Å². The molecule has 3 N–H and O–H groups in total. The lowest BCUT2D eigenvalue weighted by atomic mass is 9.89. The minimum absolute atomic E-state index is 0.0294. The van der Waals surface area contributed by atoms with Gasteiger partial charge in [0.25, 0.3) is 0 Å². The largest absolute Gasteiger partial charge is 0.490 e. The van der Waals surface area contributed by atoms with Gasteiger partial charge in [-0.05, 0) is 61.8 Å². The molecule has 2 aliphatic rings. The van der Waals surface area contributed by atoms with Crippen molar-refractivity contribution < 1.29 is 32.3 Å². The van der Waals surface area contributed by atoms with Crippen LogP contribution in [-0.4, -0.2) is 60.4 Å². The van der Waals surface area contributed by atoms with Gasteiger partial charge in [-0.2, -0.15) is 13.2 Å². The molecule has 0 saturated carbocycles. The maximum Gasteiger partial charge on any atom is 0.490 e. The van der Waals surface area contributed by atoms with Gasteiger partial charge < -0.3 is 20.6 Å². The summed E-state index contributed by atoms with van der Waals surface area (Å²) in [4.78, 5) is 23.2. The smallest absolute Gasteiger partial charge is 0.475 e. The summed E-state index contributed by atoms with van der Waals surface area (Å²) < 4.78 is 44.7. The van der Waals surface area contributed by atoms with Gasteiger partial charge in [-0.3, -0.25) is 0 Å². The Kier molecular flexibility index (Phi) is 9.09. The van der Waals surface area contributed by atoms with E-state index in [1.165, 1.54) is 25.0 Å². The lowest BCUT2D eigenvalue weighted by Gasteiger charge is -2.35. The van der Waals surface area contributed by atoms with E-state index in [0.29, 0.717) is 12.6 Å². The molecule has 2 saturated heterocycles. The van der Waals surface area contributed by atoms with Crippen LogP contribution in [0.25, 0.3) is 0 Å². The van der Waals surface area contributed by atoms with E-state index in [1.54, 1.807) is 12.1 Å². The van der Waals surface area contributed by atoms with E-state index in [-0.39, 0.29) is 17.8 Å². The first-order chi connectivity index (χ1) is 14.6. The van der Waals surface area contributed by atoms with Gasteiger partial charge in [-0.1, -0.05) is 19.1 Å². The second-order valence-electron chi connectivity index (χ2n) is 7.97. The monoisotopic (exact) mass is 447 g/mol. The fourth-order valence-electron chi connectivity index (χ4n) is 3.88. The van der Waals surface area contributed by atoms with Gasteiger partial charge in [0, 0.05) is 25.7 Å². The number of carbonyl (C=O) groups excluding carboxylic acids is 1. The summed E-state index contributed by atoms with van der Waals surface area (Å²) in [6.45, 7) is 5.46. The van der Waals surface area contributed by atoms with E-state index < -0.39 is 12.1 Å². The molecule has 2 fully saturated rings. The third-order valence-corrected chi connectivity index (χ3v) is 5.74. The summed E-state index contributed by atoms with van der Waals surface area (Å²) >= 11 is 0. The molecule has 1 aromatic rings. The third-order valence-electron chi connectivity index (χ3n) is 5.74. The maximum atomic E-state index is 13.0. The van der Waals surface area contributed by atoms with Gasteiger partial charge in [-0.15, -0.1) is 0 Å². The van der Waals surface area contributed by atoms with E-state index in [1.807, 2.05) is 11.8 Å². The number of rotatable bonds is 4. The molecule has 2 unspecified atom stereocenters. The second-order valence-corrected chi connectivity index (χ2v) is 7.97. The number of urea groups is 1. The van der Waals surface area contributed by atoms with Gasteiger partial charge in [0.2, 0.25) is 0 Å². The number of likely N-dealkylation sites (tertiary alicyclic amines) is 1. The van der Waals surface area contributed by atoms with Crippen LogP contribution in [0, 0.1) is 11.7 Å². The SMILES string of the molecule is CC(CNC(=O)N1CCC(C2CCCN2)CC1)c1ccc(F)cc1.O=C(O)C(F)(F)F. The number of carboxylic acids is 1. The molecule has 0 radical (unpaired) electrons. The number of benzene rings is 1. The first kappa shape index (κ1) is 24.9. The van der Waals surface area contributed by atoms with Gasteiger partial charge in [0.1, 0.15) is 5.82 Å². The number of carbonyl (C=O) groups is 2. The minimum Gasteiger partial charge on any atom is -0.475 e. The van der Waals surface area contributed by atoms with Gasteiger partial charge in [0.15, 0.2) is 0 Å². The highest BCUT2D eigenvalue weighted by Gasteiger charge is 2.38. The summed E-state index contributed by atoms with van der Waals surface area (Å²) in [6.07, 6.45) is -0.324. The zero-order valence-electron chi connectivity index (χ0n) is 17.4. The first-order valence-corrected chi connectivity index (χ1v) is 10.4. The Morgan fingerprint density at radius 1 is 1.19 bits per heavy atom. The molecule has 2 atom stereocenters. The van der Waals surface area contributed by atoms with Crippen molar-refractivity contribution >= 4 is 12.0 Å². The predicted octanol–water partition coefficient (Wildman–Crippen LogP) is 3.74. The van der Waals surface area contributed by atoms with Crippen molar-refractivity contribution in [2.45, 2.75) is 50.7 Å². The number of piperidine rings is 1. The number of hydrogen-bond acceptors (Lipinski definition) is 3. The molecule has 3 rings (SSSR count). The fourth-order valence-corrected chi connectivity index (χ4v) is 3.88. The van der Waals surface area contributed by atoms with Crippen molar-refractivity contribution in [2.24, 2.45) is 5.92 Å². The Hall–Kier alpha value is -2.36. The minimum atomic E-state index is -5.08. The molecule has 1 aromatic carbocycles. The number of nitrogens with zero attached hydrogens (tertiary/aromatic N) is 1. The summed E-state index contributed by atoms with van der Waals surface area (Å²) in [5, 5.41) is 13.7. The first-order valence-electron chi connectivity index (χ1n) is 10.4. The van der Waals surface area contributed by atoms with Crippen LogP contribution in [0.4, 0.5) is 22.4 Å². The highest BCUT2D eigenvalue weighted by molar-refractivity contribution is 5.74. The number of carboxylic acid groups (broad SMARTS) is 1. The van der Waals surface area contributed by atoms with Crippen molar-refractivity contribution in [3.05, 3.63) is 35.6 Å². The van der Waals surface area contributed by atoms with Crippen molar-refractivity contribution in [1.82, 2.24) is 15.5 Å². The van der Waals surface area contributed by atoms with Crippen LogP contribution in [0.3, 0.4) is 0 Å². The van der Waals surface area contributed by atoms with Crippen LogP contribution in [-0.2, 0) is 4.79 Å². The standard InChI is InChI=1S/C19H28FN3O.C2HF3O2/c1-14(15-4-6-17(20)7-5-15)13-22-19(24)23-11-8-16(9-12-23)18-3-2-10-21-18;3-2(4,5)1(6)7/h4-7,14,16,18,21H,2-3,8-13H2,1H3,(H,22,24);(H,6,7). The topological polar surface area (TPSA) is 81.7 Å². The van der Waals surface area contributed by atoms with E-state index in [0.717, 1.165) is 44.0 Å². The van der Waals surface area contributed by atoms with Crippen LogP contribution in [0.2, 0.25) is 0 Å². The highest BCUT2D eigenvalue weighted by Crippen LogP contribution is 2.25. The van der Waals surface area contributed by atoms with Crippen molar-refractivity contribution in [1.29, 1.82) is 0 Å². The van der Waals surface area contributed by atoms with Gasteiger partial charge >= 0.3 is 18.2 Å². The van der Waals surface area contributed by atoms with E-state index in [2.05, 4.69) is 10.6 Å². The molecule has 0 aliphatic carbocycles. The van der Waals surface area contributed by atoms with Crippen LogP contribution < -0.4 is 10.6 Å². The Morgan fingerprint density at radius 2 is 1.77 bits per heavy atom. The van der Waals surface area contributed by atoms with E-state index in [9.17, 15) is 22.4 Å². The Morgan fingerprint density at radius 3 is 2.26 bits per heavy atom. The summed E-state index contributed by atoms with van der Waals surface area (Å²) in [7, 11) is 0. The summed E-state index contributed by atoms with van der Waals surface area (Å²) in [5.41, 5.74) is 1.04. The molecular formula is C21H29F4N3O3. The molecule has 0 bridgehead atoms. The number of alkyl halides is 3. The molecule has 2 aliphatic heterocycles. The number of amides is 2. The van der Waals surface area contributed by atoms with Crippen LogP contribution in [0.1, 0.15) is 44.1 Å². The lowest BCUT2D eigenvalue weighted by molar-refractivity contribution is -0.192. The van der Waals surface area contributed by atoms with Crippen molar-refractivity contribution in [3.8, 4) is 0 Å². The zero-order chi connectivity index (χ0) is 23.0. The lowest BCUT2D eigenvalue weighted by Crippen LogP contribution is -2.47. The molecule has 2 amide bonds. The molecule has 10 heteroatoms. The summed E-state index contributed by atoms with van der Waals surface area (Å²) in [5.74, 6) is -2.09. The van der Waals surface area contributed by atoms with Crippen molar-refractivity contribution in [2.75, 3.05) is 26.2 Å². The quantitative estimate of drug-likeness (QED) is 0.615. The molecule has 0 spiro atoms. The molecule has 31 heavy (non-hydrogen) atoms. The Labute approximate surface area is 179 Å². The van der Waals surface area contributed by atoms with Crippen LogP contribution in [0.5, 0.6) is 0 Å². The molecule has 6 nitrogen and oxygen atoms in total. The Balaban J connectivity index is 0.000000423. The Bertz CT molecular complexity index is 714. The highest BCUT2D eigenvalue weighted by atomic mass is 19.4. The van der Waals surface area contributed by atoms with Gasteiger partial charge in [-0.25, -0.2) is 14.0 Å². The van der Waals surface area contributed by atoms with Crippen molar-refractivity contribution in [3.63, 3.8) is 0 Å². The average Bonchev–Trinajstić information content (AvgIpc) is 3.27. The second kappa shape index (κ2) is 11.3. The number of nitrogens with one attached hydrogen (secondary N) is 2. The van der Waals surface area contributed by atoms with Gasteiger partial charge in [0.05, 0.1) is 0 Å². The molecule has 0 aromatic heterocycles. The van der Waals surface area contributed by atoms with E-state index in [4.69, 9.17) is 9.90 Å². The predicted molar refractivity (Wildman–Crippen MR) is 107 cm³/mol. The third kappa shape index (κ3) is 8.01. The average molecular weight is 447 g/mol. The number of hydrogen-bond donors (Lipinski definition) is 3. The maximum absolute atomic E-state index is 13.0. The number of aliphatic carboxylic acids is 1. The zero-order valence-corrected chi connectivity index (χ0v) is 17.4. The van der Waals surface area contributed by atoms with Crippen LogP contribution >= 0.6 is 0 Å². The normalized spacial score (nSPS) is 20.5. The fraction of sp³-hybridized carbons (Fsp3) is 0.619. The summed E-state index contributed by atoms with van der Waals surface area (Å²) in [6, 6.07) is 7.19. The molecular weight excluding hydrogens is 418 g/mol.